The van der Waals surface area contributed by atoms with Crippen molar-refractivity contribution in [2.75, 3.05) is 13.6 Å². The molecule has 0 unspecified atom stereocenters. The minimum Gasteiger partial charge on any atom is -0.392 e. The van der Waals surface area contributed by atoms with E-state index in [-0.39, 0.29) is 6.10 Å². The first-order valence-corrected chi connectivity index (χ1v) is 6.35. The summed E-state index contributed by atoms with van der Waals surface area (Å²) < 4.78 is 0. The van der Waals surface area contributed by atoms with Gasteiger partial charge in [-0.15, -0.1) is 0 Å². The van der Waals surface area contributed by atoms with E-state index in [9.17, 15) is 5.11 Å². The lowest BCUT2D eigenvalue weighted by Gasteiger charge is -2.20. The fourth-order valence-corrected chi connectivity index (χ4v) is 2.30. The molecule has 0 aromatic carbocycles. The van der Waals surface area contributed by atoms with Crippen molar-refractivity contribution in [1.29, 1.82) is 0 Å². The molecule has 2 rings (SSSR count). The quantitative estimate of drug-likeness (QED) is 0.845. The van der Waals surface area contributed by atoms with E-state index < -0.39 is 0 Å². The molecule has 1 heterocycles. The Balaban J connectivity index is 1.90. The number of hydrogen-bond acceptors (Lipinski definition) is 3. The highest BCUT2D eigenvalue weighted by Crippen LogP contribution is 2.32. The van der Waals surface area contributed by atoms with Crippen molar-refractivity contribution in [3.63, 3.8) is 0 Å². The average molecular weight is 234 g/mol. The molecule has 1 saturated carbocycles. The molecule has 0 aliphatic heterocycles. The molecule has 1 N–H and O–H groups in total. The van der Waals surface area contributed by atoms with E-state index in [0.717, 1.165) is 24.5 Å². The molecule has 1 aromatic heterocycles. The highest BCUT2D eigenvalue weighted by molar-refractivity contribution is 5.19. The van der Waals surface area contributed by atoms with Gasteiger partial charge < -0.3 is 5.11 Å². The second-order valence-electron chi connectivity index (χ2n) is 5.38. The van der Waals surface area contributed by atoms with Gasteiger partial charge in [-0.3, -0.25) is 9.88 Å². The van der Waals surface area contributed by atoms with E-state index in [1.54, 1.807) is 0 Å². The first kappa shape index (κ1) is 12.5. The maximum atomic E-state index is 9.88. The Bertz CT molecular complexity index is 368. The topological polar surface area (TPSA) is 36.4 Å². The number of nitrogens with zero attached hydrogens (tertiary/aromatic N) is 2. The molecule has 3 heteroatoms. The first-order valence-electron chi connectivity index (χ1n) is 6.35. The number of hydrogen-bond donors (Lipinski definition) is 1. The molecule has 0 spiro atoms. The largest absolute Gasteiger partial charge is 0.392 e. The van der Waals surface area contributed by atoms with Crippen LogP contribution in [0.4, 0.5) is 0 Å². The number of likely N-dealkylation sites (N-methyl/N-ethyl adjacent to an activating group) is 1. The SMILES string of the molecule is Cc1cc(C)nc(CN(C)C[C@H](O)C2CC2)c1. The predicted molar refractivity (Wildman–Crippen MR) is 68.8 cm³/mol. The summed E-state index contributed by atoms with van der Waals surface area (Å²) in [4.78, 5) is 6.68. The molecular formula is C14H22N2O. The van der Waals surface area contributed by atoms with Crippen LogP contribution in [0.25, 0.3) is 0 Å². The Hall–Kier alpha value is -0.930. The smallest absolute Gasteiger partial charge is 0.0695 e. The Morgan fingerprint density at radius 1 is 1.41 bits per heavy atom. The summed E-state index contributed by atoms with van der Waals surface area (Å²) in [5.41, 5.74) is 3.41. The maximum Gasteiger partial charge on any atom is 0.0695 e. The van der Waals surface area contributed by atoms with Crippen LogP contribution in [0.2, 0.25) is 0 Å². The molecule has 0 bridgehead atoms. The van der Waals surface area contributed by atoms with Crippen molar-refractivity contribution in [3.8, 4) is 0 Å². The number of aryl methyl sites for hydroxylation is 2. The Labute approximate surface area is 103 Å². The van der Waals surface area contributed by atoms with E-state index in [1.807, 2.05) is 14.0 Å². The van der Waals surface area contributed by atoms with E-state index in [4.69, 9.17) is 0 Å². The molecular weight excluding hydrogens is 212 g/mol. The number of aromatic nitrogens is 1. The zero-order chi connectivity index (χ0) is 12.4. The van der Waals surface area contributed by atoms with Crippen LogP contribution in [-0.4, -0.2) is 34.7 Å². The third kappa shape index (κ3) is 3.79. The molecule has 0 saturated heterocycles. The van der Waals surface area contributed by atoms with Crippen molar-refractivity contribution in [3.05, 3.63) is 29.1 Å². The van der Waals surface area contributed by atoms with Crippen molar-refractivity contribution in [2.24, 2.45) is 5.92 Å². The van der Waals surface area contributed by atoms with Crippen molar-refractivity contribution in [1.82, 2.24) is 9.88 Å². The molecule has 17 heavy (non-hydrogen) atoms. The molecule has 0 radical (unpaired) electrons. The second kappa shape index (κ2) is 5.15. The van der Waals surface area contributed by atoms with Gasteiger partial charge in [-0.2, -0.15) is 0 Å². The molecule has 1 aromatic rings. The molecule has 1 fully saturated rings. The minimum atomic E-state index is -0.161. The fraction of sp³-hybridized carbons (Fsp3) is 0.643. The van der Waals surface area contributed by atoms with E-state index >= 15 is 0 Å². The lowest BCUT2D eigenvalue weighted by atomic mass is 10.2. The van der Waals surface area contributed by atoms with Crippen LogP contribution in [0, 0.1) is 19.8 Å². The van der Waals surface area contributed by atoms with Gasteiger partial charge in [0.2, 0.25) is 0 Å². The summed E-state index contributed by atoms with van der Waals surface area (Å²) in [5.74, 6) is 0.546. The number of aliphatic hydroxyl groups is 1. The zero-order valence-corrected chi connectivity index (χ0v) is 11.0. The van der Waals surface area contributed by atoms with Gasteiger partial charge in [0.15, 0.2) is 0 Å². The van der Waals surface area contributed by atoms with Crippen molar-refractivity contribution >= 4 is 0 Å². The molecule has 1 atom stereocenters. The third-order valence-corrected chi connectivity index (χ3v) is 3.25. The summed E-state index contributed by atoms with van der Waals surface area (Å²) in [6.45, 7) is 5.68. The number of rotatable bonds is 5. The van der Waals surface area contributed by atoms with Crippen LogP contribution < -0.4 is 0 Å². The molecule has 1 aliphatic carbocycles. The van der Waals surface area contributed by atoms with E-state index in [0.29, 0.717) is 5.92 Å². The van der Waals surface area contributed by atoms with Gasteiger partial charge >= 0.3 is 0 Å². The summed E-state index contributed by atoms with van der Waals surface area (Å²) in [5, 5.41) is 9.88. The Kier molecular flexibility index (Phi) is 3.79. The van der Waals surface area contributed by atoms with Gasteiger partial charge in [-0.05, 0) is 57.4 Å². The molecule has 3 nitrogen and oxygen atoms in total. The molecule has 0 amide bonds. The van der Waals surface area contributed by atoms with E-state index in [1.165, 1.54) is 18.4 Å². The van der Waals surface area contributed by atoms with Crippen LogP contribution in [0.3, 0.4) is 0 Å². The van der Waals surface area contributed by atoms with Crippen molar-refractivity contribution in [2.45, 2.75) is 39.3 Å². The van der Waals surface area contributed by atoms with Gasteiger partial charge in [0, 0.05) is 18.8 Å². The van der Waals surface area contributed by atoms with Crippen LogP contribution >= 0.6 is 0 Å². The summed E-state index contributed by atoms with van der Waals surface area (Å²) in [7, 11) is 2.05. The van der Waals surface area contributed by atoms with Gasteiger partial charge in [-0.25, -0.2) is 0 Å². The van der Waals surface area contributed by atoms with Gasteiger partial charge in [0.25, 0.3) is 0 Å². The summed E-state index contributed by atoms with van der Waals surface area (Å²) in [6, 6.07) is 4.20. The standard InChI is InChI=1S/C14H22N2O/c1-10-6-11(2)15-13(7-10)8-16(3)9-14(17)12-4-5-12/h6-7,12,14,17H,4-5,8-9H2,1-3H3/t14-/m0/s1. The highest BCUT2D eigenvalue weighted by atomic mass is 16.3. The maximum absolute atomic E-state index is 9.88. The van der Waals surface area contributed by atoms with Crippen LogP contribution in [0.5, 0.6) is 0 Å². The van der Waals surface area contributed by atoms with Gasteiger partial charge in [0.05, 0.1) is 11.8 Å². The molecule has 1 aliphatic rings. The summed E-state index contributed by atoms with van der Waals surface area (Å²) in [6.07, 6.45) is 2.22. The zero-order valence-electron chi connectivity index (χ0n) is 11.0. The fourth-order valence-electron chi connectivity index (χ4n) is 2.30. The predicted octanol–water partition coefficient (Wildman–Crippen LogP) is 1.90. The first-order chi connectivity index (χ1) is 8.04. The Morgan fingerprint density at radius 3 is 2.71 bits per heavy atom. The van der Waals surface area contributed by atoms with Crippen LogP contribution in [0.1, 0.15) is 29.8 Å². The number of aliphatic hydroxyl groups excluding tert-OH is 1. The average Bonchev–Trinajstić information content (AvgIpc) is 2.97. The lowest BCUT2D eigenvalue weighted by Crippen LogP contribution is -2.30. The Morgan fingerprint density at radius 2 is 2.12 bits per heavy atom. The van der Waals surface area contributed by atoms with Gasteiger partial charge in [-0.1, -0.05) is 0 Å². The normalized spacial score (nSPS) is 17.5. The van der Waals surface area contributed by atoms with Gasteiger partial charge in [0.1, 0.15) is 0 Å². The van der Waals surface area contributed by atoms with Crippen molar-refractivity contribution < 1.29 is 5.11 Å². The lowest BCUT2D eigenvalue weighted by molar-refractivity contribution is 0.104. The monoisotopic (exact) mass is 234 g/mol. The second-order valence-corrected chi connectivity index (χ2v) is 5.38. The number of pyridine rings is 1. The summed E-state index contributed by atoms with van der Waals surface area (Å²) >= 11 is 0. The van der Waals surface area contributed by atoms with Crippen LogP contribution in [-0.2, 0) is 6.54 Å². The third-order valence-electron chi connectivity index (χ3n) is 3.25. The molecule has 94 valence electrons. The minimum absolute atomic E-state index is 0.161. The van der Waals surface area contributed by atoms with E-state index in [2.05, 4.69) is 28.9 Å². The highest BCUT2D eigenvalue weighted by Gasteiger charge is 2.30. The van der Waals surface area contributed by atoms with Crippen LogP contribution in [0.15, 0.2) is 12.1 Å².